The van der Waals surface area contributed by atoms with Gasteiger partial charge in [-0.05, 0) is 26.7 Å². The van der Waals surface area contributed by atoms with Crippen LogP contribution in [0.1, 0.15) is 46.3 Å². The number of rotatable bonds is 2. The quantitative estimate of drug-likeness (QED) is 0.846. The summed E-state index contributed by atoms with van der Waals surface area (Å²) < 4.78 is 0. The number of aryl methyl sites for hydroxylation is 2. The van der Waals surface area contributed by atoms with Crippen molar-refractivity contribution in [1.29, 1.82) is 0 Å². The molecule has 0 spiro atoms. The van der Waals surface area contributed by atoms with Gasteiger partial charge >= 0.3 is 0 Å². The van der Waals surface area contributed by atoms with Crippen molar-refractivity contribution in [2.75, 3.05) is 13.1 Å². The number of amides is 1. The zero-order chi connectivity index (χ0) is 15.5. The third-order valence-electron chi connectivity index (χ3n) is 4.04. The molecule has 0 aliphatic carbocycles. The summed E-state index contributed by atoms with van der Waals surface area (Å²) in [6.07, 6.45) is 8.80. The Kier molecular flexibility index (Phi) is 4.09. The van der Waals surface area contributed by atoms with Gasteiger partial charge in [0.1, 0.15) is 5.82 Å². The molecule has 6 nitrogen and oxygen atoms in total. The molecule has 114 valence electrons. The molecule has 2 aromatic rings. The zero-order valence-corrected chi connectivity index (χ0v) is 12.9. The van der Waals surface area contributed by atoms with Crippen LogP contribution in [-0.2, 0) is 0 Å². The van der Waals surface area contributed by atoms with Gasteiger partial charge in [0.25, 0.3) is 5.91 Å². The first-order valence-electron chi connectivity index (χ1n) is 7.50. The van der Waals surface area contributed by atoms with E-state index in [0.29, 0.717) is 17.9 Å². The molecule has 0 N–H and O–H groups in total. The number of carbonyl (C=O) groups is 1. The van der Waals surface area contributed by atoms with E-state index in [2.05, 4.69) is 19.9 Å². The SMILES string of the molecule is Cc1ncc(C(=O)N2CCC[C@@H](c3cnccn3)C2)c(C)n1. The topological polar surface area (TPSA) is 71.9 Å². The first-order valence-corrected chi connectivity index (χ1v) is 7.50. The van der Waals surface area contributed by atoms with E-state index in [4.69, 9.17) is 0 Å². The fraction of sp³-hybridized carbons (Fsp3) is 0.438. The lowest BCUT2D eigenvalue weighted by atomic mass is 9.94. The molecule has 6 heteroatoms. The second-order valence-corrected chi connectivity index (χ2v) is 5.64. The minimum Gasteiger partial charge on any atom is -0.338 e. The highest BCUT2D eigenvalue weighted by atomic mass is 16.2. The van der Waals surface area contributed by atoms with Crippen molar-refractivity contribution in [1.82, 2.24) is 24.8 Å². The van der Waals surface area contributed by atoms with E-state index in [1.54, 1.807) is 24.8 Å². The first-order chi connectivity index (χ1) is 10.6. The van der Waals surface area contributed by atoms with Gasteiger partial charge in [0, 0.05) is 43.8 Å². The number of hydrogen-bond donors (Lipinski definition) is 0. The number of hydrogen-bond acceptors (Lipinski definition) is 5. The van der Waals surface area contributed by atoms with Gasteiger partial charge < -0.3 is 4.90 Å². The Morgan fingerprint density at radius 2 is 2.09 bits per heavy atom. The van der Waals surface area contributed by atoms with Gasteiger partial charge in [-0.3, -0.25) is 14.8 Å². The van der Waals surface area contributed by atoms with Crippen LogP contribution < -0.4 is 0 Å². The smallest absolute Gasteiger partial charge is 0.257 e. The predicted octanol–water partition coefficient (Wildman–Crippen LogP) is 1.90. The van der Waals surface area contributed by atoms with Crippen LogP contribution in [-0.4, -0.2) is 43.8 Å². The molecule has 1 saturated heterocycles. The Hall–Kier alpha value is -2.37. The number of aromatic nitrogens is 4. The van der Waals surface area contributed by atoms with Gasteiger partial charge in [0.2, 0.25) is 0 Å². The van der Waals surface area contributed by atoms with E-state index in [-0.39, 0.29) is 11.8 Å². The zero-order valence-electron chi connectivity index (χ0n) is 12.9. The van der Waals surface area contributed by atoms with Crippen LogP contribution >= 0.6 is 0 Å². The average molecular weight is 297 g/mol. The van der Waals surface area contributed by atoms with Crippen LogP contribution in [0.4, 0.5) is 0 Å². The summed E-state index contributed by atoms with van der Waals surface area (Å²) in [4.78, 5) is 31.5. The molecular weight excluding hydrogens is 278 g/mol. The lowest BCUT2D eigenvalue weighted by molar-refractivity contribution is 0.0704. The van der Waals surface area contributed by atoms with Crippen LogP contribution in [0, 0.1) is 13.8 Å². The van der Waals surface area contributed by atoms with Crippen LogP contribution in [0.5, 0.6) is 0 Å². The van der Waals surface area contributed by atoms with E-state index in [0.717, 1.165) is 30.8 Å². The summed E-state index contributed by atoms with van der Waals surface area (Å²) in [7, 11) is 0. The number of likely N-dealkylation sites (tertiary alicyclic amines) is 1. The van der Waals surface area contributed by atoms with Crippen molar-refractivity contribution in [3.05, 3.63) is 47.6 Å². The second kappa shape index (κ2) is 6.17. The Morgan fingerprint density at radius 1 is 1.23 bits per heavy atom. The largest absolute Gasteiger partial charge is 0.338 e. The van der Waals surface area contributed by atoms with Crippen molar-refractivity contribution >= 4 is 5.91 Å². The summed E-state index contributed by atoms with van der Waals surface area (Å²) in [5.41, 5.74) is 2.28. The van der Waals surface area contributed by atoms with Crippen molar-refractivity contribution in [2.24, 2.45) is 0 Å². The van der Waals surface area contributed by atoms with Gasteiger partial charge in [0.05, 0.1) is 17.0 Å². The second-order valence-electron chi connectivity index (χ2n) is 5.64. The molecule has 0 unspecified atom stereocenters. The average Bonchev–Trinajstić information content (AvgIpc) is 2.55. The summed E-state index contributed by atoms with van der Waals surface area (Å²) >= 11 is 0. The molecule has 1 atom stereocenters. The Bertz CT molecular complexity index is 673. The lowest BCUT2D eigenvalue weighted by Gasteiger charge is -2.32. The minimum absolute atomic E-state index is 0.00564. The highest BCUT2D eigenvalue weighted by molar-refractivity contribution is 5.95. The maximum absolute atomic E-state index is 12.7. The molecule has 0 aromatic carbocycles. The van der Waals surface area contributed by atoms with E-state index in [1.807, 2.05) is 18.7 Å². The number of carbonyl (C=O) groups excluding carboxylic acids is 1. The molecule has 0 radical (unpaired) electrons. The van der Waals surface area contributed by atoms with Crippen molar-refractivity contribution in [2.45, 2.75) is 32.6 Å². The van der Waals surface area contributed by atoms with Crippen LogP contribution in [0.3, 0.4) is 0 Å². The molecule has 3 heterocycles. The minimum atomic E-state index is 0.00564. The fourth-order valence-corrected chi connectivity index (χ4v) is 2.89. The number of nitrogens with zero attached hydrogens (tertiary/aromatic N) is 5. The van der Waals surface area contributed by atoms with Crippen LogP contribution in [0.25, 0.3) is 0 Å². The summed E-state index contributed by atoms with van der Waals surface area (Å²) in [5.74, 6) is 0.939. The summed E-state index contributed by atoms with van der Waals surface area (Å²) in [5, 5.41) is 0. The molecule has 1 amide bonds. The predicted molar refractivity (Wildman–Crippen MR) is 81.4 cm³/mol. The van der Waals surface area contributed by atoms with E-state index in [9.17, 15) is 4.79 Å². The van der Waals surface area contributed by atoms with Crippen molar-refractivity contribution in [3.8, 4) is 0 Å². The molecule has 0 saturated carbocycles. The van der Waals surface area contributed by atoms with Gasteiger partial charge in [0.15, 0.2) is 0 Å². The number of piperidine rings is 1. The maximum atomic E-state index is 12.7. The standard InChI is InChI=1S/C16H19N5O/c1-11-14(8-19-12(2)20-11)16(22)21-7-3-4-13(10-21)15-9-17-5-6-18-15/h5-6,8-9,13H,3-4,7,10H2,1-2H3/t13-/m1/s1. The Labute approximate surface area is 129 Å². The van der Waals surface area contributed by atoms with Crippen molar-refractivity contribution in [3.63, 3.8) is 0 Å². The fourth-order valence-electron chi connectivity index (χ4n) is 2.89. The van der Waals surface area contributed by atoms with Gasteiger partial charge in [-0.15, -0.1) is 0 Å². The normalized spacial score (nSPS) is 18.3. The highest BCUT2D eigenvalue weighted by Gasteiger charge is 2.27. The molecule has 1 fully saturated rings. The summed E-state index contributed by atoms with van der Waals surface area (Å²) in [6.45, 7) is 5.12. The highest BCUT2D eigenvalue weighted by Crippen LogP contribution is 2.26. The third kappa shape index (κ3) is 2.95. The first kappa shape index (κ1) is 14.6. The molecule has 22 heavy (non-hydrogen) atoms. The molecule has 1 aliphatic rings. The molecular formula is C16H19N5O. The van der Waals surface area contributed by atoms with Crippen LogP contribution in [0.2, 0.25) is 0 Å². The van der Waals surface area contributed by atoms with E-state index in [1.165, 1.54) is 0 Å². The Morgan fingerprint density at radius 3 is 2.82 bits per heavy atom. The van der Waals surface area contributed by atoms with Gasteiger partial charge in [-0.25, -0.2) is 9.97 Å². The summed E-state index contributed by atoms with van der Waals surface area (Å²) in [6, 6.07) is 0. The molecule has 2 aromatic heterocycles. The third-order valence-corrected chi connectivity index (χ3v) is 4.04. The lowest BCUT2D eigenvalue weighted by Crippen LogP contribution is -2.39. The molecule has 1 aliphatic heterocycles. The van der Waals surface area contributed by atoms with E-state index >= 15 is 0 Å². The monoisotopic (exact) mass is 297 g/mol. The maximum Gasteiger partial charge on any atom is 0.257 e. The van der Waals surface area contributed by atoms with Crippen molar-refractivity contribution < 1.29 is 4.79 Å². The molecule has 0 bridgehead atoms. The van der Waals surface area contributed by atoms with Gasteiger partial charge in [-0.1, -0.05) is 0 Å². The van der Waals surface area contributed by atoms with E-state index < -0.39 is 0 Å². The van der Waals surface area contributed by atoms with Gasteiger partial charge in [-0.2, -0.15) is 0 Å². The molecule has 3 rings (SSSR count). The Balaban J connectivity index is 1.78. The van der Waals surface area contributed by atoms with Crippen LogP contribution in [0.15, 0.2) is 24.8 Å².